The van der Waals surface area contributed by atoms with Crippen LogP contribution in [-0.4, -0.2) is 64.5 Å². The number of piperidine rings is 1. The van der Waals surface area contributed by atoms with Crippen LogP contribution in [0.3, 0.4) is 0 Å². The molecule has 25 heavy (non-hydrogen) atoms. The van der Waals surface area contributed by atoms with Gasteiger partial charge < -0.3 is 15.7 Å². The monoisotopic (exact) mass is 353 g/mol. The van der Waals surface area contributed by atoms with E-state index in [0.717, 1.165) is 12.1 Å². The Bertz CT molecular complexity index is 657. The molecular formula is C17H21F2N3O3. The summed E-state index contributed by atoms with van der Waals surface area (Å²) >= 11 is 0. The van der Waals surface area contributed by atoms with Crippen molar-refractivity contribution >= 4 is 11.8 Å². The van der Waals surface area contributed by atoms with E-state index < -0.39 is 41.2 Å². The molecule has 0 unspecified atom stereocenters. The van der Waals surface area contributed by atoms with Crippen LogP contribution >= 0.6 is 0 Å². The van der Waals surface area contributed by atoms with Crippen LogP contribution in [0.5, 0.6) is 0 Å². The zero-order valence-electron chi connectivity index (χ0n) is 13.7. The first-order chi connectivity index (χ1) is 11.9. The Labute approximate surface area is 144 Å². The van der Waals surface area contributed by atoms with E-state index in [9.17, 15) is 23.5 Å². The van der Waals surface area contributed by atoms with Crippen molar-refractivity contribution in [3.05, 3.63) is 35.4 Å². The van der Waals surface area contributed by atoms with E-state index >= 15 is 0 Å². The summed E-state index contributed by atoms with van der Waals surface area (Å²) in [5.41, 5.74) is 4.87. The average Bonchev–Trinajstić information content (AvgIpc) is 2.97. The maximum Gasteiger partial charge on any atom is 0.259 e. The Hall–Kier alpha value is -2.06. The minimum absolute atomic E-state index is 0.00386. The van der Waals surface area contributed by atoms with Crippen LogP contribution < -0.4 is 5.73 Å². The third-order valence-corrected chi connectivity index (χ3v) is 5.04. The van der Waals surface area contributed by atoms with Gasteiger partial charge in [-0.15, -0.1) is 0 Å². The number of β-amino-alcohol motifs (C(OH)–C–C–N with tert-alkyl or cyclic N) is 1. The van der Waals surface area contributed by atoms with Crippen molar-refractivity contribution in [2.45, 2.75) is 37.5 Å². The summed E-state index contributed by atoms with van der Waals surface area (Å²) in [5, 5.41) is 9.80. The molecule has 2 amide bonds. The zero-order valence-corrected chi connectivity index (χ0v) is 13.7. The Morgan fingerprint density at radius 3 is 2.32 bits per heavy atom. The fraction of sp³-hybridized carbons (Fsp3) is 0.529. The third-order valence-electron chi connectivity index (χ3n) is 5.04. The number of likely N-dealkylation sites (tertiary alicyclic amines) is 2. The number of rotatable bonds is 3. The molecule has 2 heterocycles. The topological polar surface area (TPSA) is 86.9 Å². The number of hydrogen-bond donors (Lipinski definition) is 2. The quantitative estimate of drug-likeness (QED) is 0.828. The molecule has 2 aliphatic heterocycles. The highest BCUT2D eigenvalue weighted by Crippen LogP contribution is 2.27. The molecule has 0 aromatic heterocycles. The minimum Gasteiger partial charge on any atom is -0.392 e. The van der Waals surface area contributed by atoms with Crippen molar-refractivity contribution in [1.82, 2.24) is 9.80 Å². The molecule has 0 bridgehead atoms. The number of amides is 2. The van der Waals surface area contributed by atoms with Crippen LogP contribution in [0.4, 0.5) is 8.78 Å². The second-order valence-electron chi connectivity index (χ2n) is 6.62. The van der Waals surface area contributed by atoms with Gasteiger partial charge in [0.15, 0.2) is 0 Å². The van der Waals surface area contributed by atoms with Crippen LogP contribution in [0.1, 0.15) is 29.6 Å². The van der Waals surface area contributed by atoms with E-state index in [4.69, 9.17) is 5.73 Å². The van der Waals surface area contributed by atoms with Crippen molar-refractivity contribution in [2.75, 3.05) is 19.6 Å². The molecule has 136 valence electrons. The summed E-state index contributed by atoms with van der Waals surface area (Å²) in [6.07, 6.45) is 0.829. The molecule has 2 saturated heterocycles. The molecule has 8 heteroatoms. The van der Waals surface area contributed by atoms with Gasteiger partial charge in [-0.1, -0.05) is 6.07 Å². The molecule has 0 radical (unpaired) electrons. The summed E-state index contributed by atoms with van der Waals surface area (Å²) in [6.45, 7) is 1.03. The second-order valence-corrected chi connectivity index (χ2v) is 6.62. The van der Waals surface area contributed by atoms with E-state index in [1.54, 1.807) is 0 Å². The maximum atomic E-state index is 13.8. The Balaban J connectivity index is 1.66. The van der Waals surface area contributed by atoms with E-state index in [2.05, 4.69) is 0 Å². The summed E-state index contributed by atoms with van der Waals surface area (Å²) in [6, 6.07) is 2.84. The second kappa shape index (κ2) is 7.05. The van der Waals surface area contributed by atoms with Crippen molar-refractivity contribution in [1.29, 1.82) is 0 Å². The first-order valence-electron chi connectivity index (χ1n) is 8.35. The number of halogens is 2. The minimum atomic E-state index is -0.872. The zero-order chi connectivity index (χ0) is 18.1. The van der Waals surface area contributed by atoms with Gasteiger partial charge in [0.1, 0.15) is 17.2 Å². The number of carbonyl (C=O) groups excluding carboxylic acids is 2. The first kappa shape index (κ1) is 17.8. The van der Waals surface area contributed by atoms with Crippen molar-refractivity contribution in [2.24, 2.45) is 5.73 Å². The molecule has 0 aliphatic carbocycles. The highest BCUT2D eigenvalue weighted by atomic mass is 19.1. The van der Waals surface area contributed by atoms with Crippen molar-refractivity contribution in [3.8, 4) is 0 Å². The van der Waals surface area contributed by atoms with Crippen LogP contribution in [0.2, 0.25) is 0 Å². The van der Waals surface area contributed by atoms with E-state index in [-0.39, 0.29) is 6.04 Å². The first-order valence-corrected chi connectivity index (χ1v) is 8.35. The highest BCUT2D eigenvalue weighted by molar-refractivity contribution is 5.94. The fourth-order valence-corrected chi connectivity index (χ4v) is 3.78. The normalized spacial score (nSPS) is 25.3. The Kier molecular flexibility index (Phi) is 5.01. The van der Waals surface area contributed by atoms with Gasteiger partial charge in [0.25, 0.3) is 5.91 Å². The van der Waals surface area contributed by atoms with Crippen LogP contribution in [0.25, 0.3) is 0 Å². The van der Waals surface area contributed by atoms with Gasteiger partial charge in [-0.2, -0.15) is 0 Å². The summed E-state index contributed by atoms with van der Waals surface area (Å²) in [5.74, 6) is -2.88. The number of primary amides is 1. The van der Waals surface area contributed by atoms with E-state index in [1.165, 1.54) is 11.0 Å². The lowest BCUT2D eigenvalue weighted by molar-refractivity contribution is -0.123. The molecule has 6 nitrogen and oxygen atoms in total. The Morgan fingerprint density at radius 2 is 1.76 bits per heavy atom. The number of aliphatic hydroxyl groups excluding tert-OH is 1. The van der Waals surface area contributed by atoms with Gasteiger partial charge in [-0.05, 0) is 31.4 Å². The molecule has 2 fully saturated rings. The molecule has 3 N–H and O–H groups in total. The molecule has 2 aliphatic rings. The molecular weight excluding hydrogens is 332 g/mol. The number of nitrogens with zero attached hydrogens (tertiary/aromatic N) is 2. The summed E-state index contributed by atoms with van der Waals surface area (Å²) in [7, 11) is 0. The largest absolute Gasteiger partial charge is 0.392 e. The van der Waals surface area contributed by atoms with Crippen molar-refractivity contribution in [3.63, 3.8) is 0 Å². The van der Waals surface area contributed by atoms with Gasteiger partial charge in [0, 0.05) is 25.7 Å². The van der Waals surface area contributed by atoms with Crippen LogP contribution in [0, 0.1) is 11.6 Å². The van der Waals surface area contributed by atoms with Gasteiger partial charge in [-0.25, -0.2) is 8.78 Å². The van der Waals surface area contributed by atoms with E-state index in [1.807, 2.05) is 4.90 Å². The fourth-order valence-electron chi connectivity index (χ4n) is 3.78. The molecule has 0 saturated carbocycles. The number of aliphatic hydroxyl groups is 1. The third kappa shape index (κ3) is 3.50. The lowest BCUT2D eigenvalue weighted by atomic mass is 10.0. The van der Waals surface area contributed by atoms with Gasteiger partial charge in [0.2, 0.25) is 5.91 Å². The lowest BCUT2D eigenvalue weighted by Gasteiger charge is -2.38. The standard InChI is InChI=1S/C17H21F2N3O3/c18-12-2-1-3-13(19)15(12)17(25)21-6-4-10(5-7-21)22-9-11(23)8-14(22)16(20)24/h1-3,10-11,14,23H,4-9H2,(H2,20,24)/t11-,14+/m1/s1. The Morgan fingerprint density at radius 1 is 1.16 bits per heavy atom. The molecule has 2 atom stereocenters. The van der Waals surface area contributed by atoms with Crippen LogP contribution in [0.15, 0.2) is 18.2 Å². The van der Waals surface area contributed by atoms with Gasteiger partial charge in [-0.3, -0.25) is 14.5 Å². The summed E-state index contributed by atoms with van der Waals surface area (Å²) < 4.78 is 27.6. The average molecular weight is 353 g/mol. The van der Waals surface area contributed by atoms with Crippen LogP contribution in [-0.2, 0) is 4.79 Å². The number of nitrogens with two attached hydrogens (primary N) is 1. The number of hydrogen-bond acceptors (Lipinski definition) is 4. The van der Waals surface area contributed by atoms with Gasteiger partial charge >= 0.3 is 0 Å². The van der Waals surface area contributed by atoms with E-state index in [0.29, 0.717) is 38.9 Å². The van der Waals surface area contributed by atoms with Gasteiger partial charge in [0.05, 0.1) is 12.1 Å². The highest BCUT2D eigenvalue weighted by Gasteiger charge is 2.40. The lowest BCUT2D eigenvalue weighted by Crippen LogP contribution is -2.51. The SMILES string of the molecule is NC(=O)[C@@H]1C[C@@H](O)CN1C1CCN(C(=O)c2c(F)cccc2F)CC1. The summed E-state index contributed by atoms with van der Waals surface area (Å²) in [4.78, 5) is 27.3. The smallest absolute Gasteiger partial charge is 0.259 e. The number of benzene rings is 1. The maximum absolute atomic E-state index is 13.8. The number of carbonyl (C=O) groups is 2. The molecule has 3 rings (SSSR count). The molecule has 1 aromatic carbocycles. The predicted octanol–water partition coefficient (Wildman–Crippen LogP) is 0.490. The molecule has 1 aromatic rings. The predicted molar refractivity (Wildman–Crippen MR) is 85.6 cm³/mol. The van der Waals surface area contributed by atoms with Crippen molar-refractivity contribution < 1.29 is 23.5 Å². The molecule has 0 spiro atoms.